The van der Waals surface area contributed by atoms with Crippen molar-refractivity contribution in [2.24, 2.45) is 0 Å². The van der Waals surface area contributed by atoms with Crippen LogP contribution in [0.15, 0.2) is 65.6 Å². The molecule has 2 heteroatoms. The Morgan fingerprint density at radius 2 is 1.53 bits per heavy atom. The number of rotatable bonds is 4. The molecular formula is C15H13NS. The molecule has 2 aromatic carbocycles. The molecule has 0 spiro atoms. The van der Waals surface area contributed by atoms with Crippen LogP contribution in [-0.4, -0.2) is 5.25 Å². The number of nitriles is 1. The summed E-state index contributed by atoms with van der Waals surface area (Å²) in [6.45, 7) is 0. The lowest BCUT2D eigenvalue weighted by molar-refractivity contribution is 1.03. The van der Waals surface area contributed by atoms with Gasteiger partial charge in [-0.15, -0.1) is 11.8 Å². The van der Waals surface area contributed by atoms with Gasteiger partial charge in [0.2, 0.25) is 0 Å². The van der Waals surface area contributed by atoms with Crippen LogP contribution in [0, 0.1) is 11.3 Å². The van der Waals surface area contributed by atoms with Gasteiger partial charge in [-0.2, -0.15) is 5.26 Å². The Labute approximate surface area is 106 Å². The minimum atomic E-state index is -0.0280. The highest BCUT2D eigenvalue weighted by molar-refractivity contribution is 8.00. The van der Waals surface area contributed by atoms with E-state index in [0.29, 0.717) is 0 Å². The smallest absolute Gasteiger partial charge is 0.100 e. The van der Waals surface area contributed by atoms with Crippen LogP contribution in [0.25, 0.3) is 0 Å². The zero-order valence-corrected chi connectivity index (χ0v) is 10.2. The fourth-order valence-electron chi connectivity index (χ4n) is 1.61. The van der Waals surface area contributed by atoms with Crippen molar-refractivity contribution in [2.75, 3.05) is 0 Å². The normalized spacial score (nSPS) is 11.7. The molecule has 0 aromatic heterocycles. The molecule has 0 unspecified atom stereocenters. The first-order valence-corrected chi connectivity index (χ1v) is 6.41. The standard InChI is InChI=1S/C15H13NS/c16-12-15(11-13-7-3-1-4-8-13)17-14-9-5-2-6-10-14/h1-10,15H,11H2/t15-/m0/s1. The largest absolute Gasteiger partial charge is 0.197 e. The molecular weight excluding hydrogens is 226 g/mol. The average molecular weight is 239 g/mol. The third kappa shape index (κ3) is 3.65. The van der Waals surface area contributed by atoms with Crippen molar-refractivity contribution >= 4 is 11.8 Å². The molecule has 0 bridgehead atoms. The lowest BCUT2D eigenvalue weighted by Crippen LogP contribution is -2.03. The van der Waals surface area contributed by atoms with Gasteiger partial charge < -0.3 is 0 Å². The molecule has 0 heterocycles. The maximum Gasteiger partial charge on any atom is 0.100 e. The molecule has 2 rings (SSSR count). The third-order valence-corrected chi connectivity index (χ3v) is 3.53. The summed E-state index contributed by atoms with van der Waals surface area (Å²) in [5, 5.41) is 9.15. The molecule has 0 aliphatic heterocycles. The topological polar surface area (TPSA) is 23.8 Å². The Morgan fingerprint density at radius 1 is 0.941 bits per heavy atom. The summed E-state index contributed by atoms with van der Waals surface area (Å²) in [7, 11) is 0. The number of hydrogen-bond donors (Lipinski definition) is 0. The van der Waals surface area contributed by atoms with Gasteiger partial charge >= 0.3 is 0 Å². The molecule has 1 nitrogen and oxygen atoms in total. The first kappa shape index (κ1) is 11.8. The van der Waals surface area contributed by atoms with Gasteiger partial charge in [-0.25, -0.2) is 0 Å². The Bertz CT molecular complexity index is 446. The maximum absolute atomic E-state index is 9.18. The van der Waals surface area contributed by atoms with Crippen LogP contribution in [0.5, 0.6) is 0 Å². The van der Waals surface area contributed by atoms with E-state index in [1.807, 2.05) is 48.5 Å². The number of hydrogen-bond acceptors (Lipinski definition) is 2. The van der Waals surface area contributed by atoms with E-state index in [9.17, 15) is 5.26 Å². The maximum atomic E-state index is 9.18. The van der Waals surface area contributed by atoms with E-state index in [-0.39, 0.29) is 5.25 Å². The van der Waals surface area contributed by atoms with Gasteiger partial charge in [0.15, 0.2) is 0 Å². The van der Waals surface area contributed by atoms with Crippen LogP contribution in [-0.2, 0) is 6.42 Å². The third-order valence-electron chi connectivity index (χ3n) is 2.43. The molecule has 0 fully saturated rings. The van der Waals surface area contributed by atoms with Crippen molar-refractivity contribution in [1.82, 2.24) is 0 Å². The summed E-state index contributed by atoms with van der Waals surface area (Å²) < 4.78 is 0. The van der Waals surface area contributed by atoms with Crippen molar-refractivity contribution in [2.45, 2.75) is 16.6 Å². The van der Waals surface area contributed by atoms with Crippen LogP contribution in [0.4, 0.5) is 0 Å². The quantitative estimate of drug-likeness (QED) is 0.755. The van der Waals surface area contributed by atoms with Crippen LogP contribution < -0.4 is 0 Å². The van der Waals surface area contributed by atoms with Crippen molar-refractivity contribution in [3.05, 3.63) is 66.2 Å². The summed E-state index contributed by atoms with van der Waals surface area (Å²) in [6.07, 6.45) is 0.789. The Balaban J connectivity index is 2.01. The molecule has 0 aliphatic carbocycles. The average Bonchev–Trinajstić information content (AvgIpc) is 2.40. The highest BCUT2D eigenvalue weighted by atomic mass is 32.2. The second-order valence-electron chi connectivity index (χ2n) is 3.74. The fraction of sp³-hybridized carbons (Fsp3) is 0.133. The molecule has 0 saturated carbocycles. The second-order valence-corrected chi connectivity index (χ2v) is 5.01. The number of nitrogens with zero attached hydrogens (tertiary/aromatic N) is 1. The zero-order valence-electron chi connectivity index (χ0n) is 9.41. The van der Waals surface area contributed by atoms with Gasteiger partial charge in [-0.1, -0.05) is 48.5 Å². The van der Waals surface area contributed by atoms with E-state index in [2.05, 4.69) is 18.2 Å². The summed E-state index contributed by atoms with van der Waals surface area (Å²) in [4.78, 5) is 1.15. The van der Waals surface area contributed by atoms with Gasteiger partial charge in [-0.3, -0.25) is 0 Å². The van der Waals surface area contributed by atoms with Crippen LogP contribution >= 0.6 is 11.8 Å². The van der Waals surface area contributed by atoms with Crippen LogP contribution in [0.3, 0.4) is 0 Å². The minimum absolute atomic E-state index is 0.0280. The molecule has 2 aromatic rings. The van der Waals surface area contributed by atoms with Crippen molar-refractivity contribution in [3.8, 4) is 6.07 Å². The van der Waals surface area contributed by atoms with E-state index in [1.165, 1.54) is 5.56 Å². The van der Waals surface area contributed by atoms with Gasteiger partial charge in [0.25, 0.3) is 0 Å². The van der Waals surface area contributed by atoms with Crippen molar-refractivity contribution in [3.63, 3.8) is 0 Å². The van der Waals surface area contributed by atoms with Gasteiger partial charge in [-0.05, 0) is 24.1 Å². The van der Waals surface area contributed by atoms with Gasteiger partial charge in [0.05, 0.1) is 6.07 Å². The predicted molar refractivity (Wildman–Crippen MR) is 71.8 cm³/mol. The first-order valence-electron chi connectivity index (χ1n) is 5.54. The van der Waals surface area contributed by atoms with Crippen molar-refractivity contribution < 1.29 is 0 Å². The Kier molecular flexibility index (Phi) is 4.23. The van der Waals surface area contributed by atoms with E-state index in [0.717, 1.165) is 11.3 Å². The molecule has 1 atom stereocenters. The molecule has 0 amide bonds. The second kappa shape index (κ2) is 6.12. The minimum Gasteiger partial charge on any atom is -0.197 e. The first-order chi connectivity index (χ1) is 8.38. The summed E-state index contributed by atoms with van der Waals surface area (Å²) in [6, 6.07) is 22.6. The van der Waals surface area contributed by atoms with E-state index in [4.69, 9.17) is 0 Å². The van der Waals surface area contributed by atoms with Crippen LogP contribution in [0.1, 0.15) is 5.56 Å². The number of thioether (sulfide) groups is 1. The SMILES string of the molecule is N#C[C@H](Cc1ccccc1)Sc1ccccc1. The zero-order chi connectivity index (χ0) is 11.9. The summed E-state index contributed by atoms with van der Waals surface area (Å²) >= 11 is 1.62. The molecule has 84 valence electrons. The van der Waals surface area contributed by atoms with Gasteiger partial charge in [0.1, 0.15) is 5.25 Å². The number of benzene rings is 2. The summed E-state index contributed by atoms with van der Waals surface area (Å²) in [5.41, 5.74) is 1.21. The lowest BCUT2D eigenvalue weighted by Gasteiger charge is -2.08. The predicted octanol–water partition coefficient (Wildman–Crippen LogP) is 3.91. The van der Waals surface area contributed by atoms with Crippen molar-refractivity contribution in [1.29, 1.82) is 5.26 Å². The van der Waals surface area contributed by atoms with Crippen LogP contribution in [0.2, 0.25) is 0 Å². The van der Waals surface area contributed by atoms with Gasteiger partial charge in [0, 0.05) is 4.90 Å². The molecule has 0 radical (unpaired) electrons. The Hall–Kier alpha value is -1.72. The summed E-state index contributed by atoms with van der Waals surface area (Å²) in [5.74, 6) is 0. The molecule has 0 N–H and O–H groups in total. The van der Waals surface area contributed by atoms with E-state index >= 15 is 0 Å². The molecule has 0 aliphatic rings. The fourth-order valence-corrected chi connectivity index (χ4v) is 2.58. The lowest BCUT2D eigenvalue weighted by atomic mass is 10.1. The highest BCUT2D eigenvalue weighted by Gasteiger charge is 2.09. The highest BCUT2D eigenvalue weighted by Crippen LogP contribution is 2.25. The monoisotopic (exact) mass is 239 g/mol. The van der Waals surface area contributed by atoms with E-state index < -0.39 is 0 Å². The Morgan fingerprint density at radius 3 is 2.12 bits per heavy atom. The molecule has 0 saturated heterocycles. The molecule has 17 heavy (non-hydrogen) atoms. The van der Waals surface area contributed by atoms with E-state index in [1.54, 1.807) is 11.8 Å².